The third kappa shape index (κ3) is 4.36. The van der Waals surface area contributed by atoms with Gasteiger partial charge in [-0.2, -0.15) is 0 Å². The van der Waals surface area contributed by atoms with Crippen molar-refractivity contribution in [1.29, 1.82) is 0 Å². The molecule has 6 nitrogen and oxygen atoms in total. The topological polar surface area (TPSA) is 66.1 Å². The van der Waals surface area contributed by atoms with Crippen molar-refractivity contribution in [2.24, 2.45) is 14.1 Å². The van der Waals surface area contributed by atoms with E-state index in [2.05, 4.69) is 4.98 Å². The van der Waals surface area contributed by atoms with Gasteiger partial charge < -0.3 is 13.9 Å². The second kappa shape index (κ2) is 9.24. The molecule has 174 valence electrons. The molecule has 2 aromatic heterocycles. The first-order valence-corrected chi connectivity index (χ1v) is 11.4. The molecule has 0 N–H and O–H groups in total. The van der Waals surface area contributed by atoms with E-state index in [-0.39, 0.29) is 5.56 Å². The largest absolute Gasteiger partial charge is 0.478 e. The molecule has 2 heterocycles. The van der Waals surface area contributed by atoms with Crippen LogP contribution in [0.4, 0.5) is 0 Å². The number of carbonyl (C=O) groups is 1. The molecule has 0 aliphatic carbocycles. The van der Waals surface area contributed by atoms with Crippen molar-refractivity contribution in [3.05, 3.63) is 118 Å². The summed E-state index contributed by atoms with van der Waals surface area (Å²) in [5.41, 5.74) is 3.75. The number of carbonyl (C=O) groups excluding carboxylic acids is 1. The minimum Gasteiger partial charge on any atom is -0.478 e. The van der Waals surface area contributed by atoms with E-state index in [1.807, 2.05) is 66.3 Å². The van der Waals surface area contributed by atoms with E-state index in [4.69, 9.17) is 16.3 Å². The summed E-state index contributed by atoms with van der Waals surface area (Å²) in [5, 5.41) is 1.46. The number of nitrogens with zero attached hydrogens (tertiary/aromatic N) is 3. The van der Waals surface area contributed by atoms with Gasteiger partial charge in [0, 0.05) is 54.1 Å². The van der Waals surface area contributed by atoms with Gasteiger partial charge in [-0.3, -0.25) is 9.59 Å². The lowest BCUT2D eigenvalue weighted by atomic mass is 10.0. The normalized spacial score (nSPS) is 12.0. The summed E-state index contributed by atoms with van der Waals surface area (Å²) < 4.78 is 10.0. The molecule has 5 rings (SSSR count). The number of aromatic nitrogens is 3. The quantitative estimate of drug-likeness (QED) is 0.296. The van der Waals surface area contributed by atoms with Gasteiger partial charge in [0.05, 0.1) is 5.52 Å². The predicted octanol–water partition coefficient (Wildman–Crippen LogP) is 5.57. The van der Waals surface area contributed by atoms with Crippen LogP contribution in [-0.2, 0) is 14.1 Å². The highest BCUT2D eigenvalue weighted by Crippen LogP contribution is 2.34. The van der Waals surface area contributed by atoms with Gasteiger partial charge in [-0.05, 0) is 41.5 Å². The molecule has 0 amide bonds. The fourth-order valence-electron chi connectivity index (χ4n) is 4.19. The Morgan fingerprint density at radius 3 is 2.49 bits per heavy atom. The molecular formula is C28H22ClN3O3. The number of aldehydes is 1. The van der Waals surface area contributed by atoms with Crippen molar-refractivity contribution >= 4 is 28.8 Å². The van der Waals surface area contributed by atoms with E-state index in [0.29, 0.717) is 16.3 Å². The van der Waals surface area contributed by atoms with E-state index in [1.165, 1.54) is 0 Å². The van der Waals surface area contributed by atoms with Crippen molar-refractivity contribution < 1.29 is 9.53 Å². The minimum atomic E-state index is -0.504. The molecule has 3 aromatic carbocycles. The van der Waals surface area contributed by atoms with Crippen molar-refractivity contribution in [3.8, 4) is 16.9 Å². The molecular weight excluding hydrogens is 462 g/mol. The van der Waals surface area contributed by atoms with E-state index in [1.54, 1.807) is 42.1 Å². The number of ether oxygens (including phenoxy) is 1. The van der Waals surface area contributed by atoms with E-state index < -0.39 is 6.10 Å². The maximum atomic E-state index is 12.7. The van der Waals surface area contributed by atoms with Crippen molar-refractivity contribution in [1.82, 2.24) is 14.1 Å². The average molecular weight is 484 g/mol. The third-order valence-corrected chi connectivity index (χ3v) is 6.31. The number of imidazole rings is 1. The van der Waals surface area contributed by atoms with Gasteiger partial charge in [0.15, 0.2) is 11.9 Å². The summed E-state index contributed by atoms with van der Waals surface area (Å²) in [6.07, 6.45) is 3.89. The highest BCUT2D eigenvalue weighted by atomic mass is 35.5. The molecule has 0 radical (unpaired) electrons. The first-order chi connectivity index (χ1) is 16.9. The average Bonchev–Trinajstić information content (AvgIpc) is 3.30. The zero-order chi connectivity index (χ0) is 24.5. The second-order valence-electron chi connectivity index (χ2n) is 8.32. The zero-order valence-corrected chi connectivity index (χ0v) is 19.9. The summed E-state index contributed by atoms with van der Waals surface area (Å²) in [6.45, 7) is 0. The van der Waals surface area contributed by atoms with Crippen LogP contribution in [0.2, 0.25) is 5.02 Å². The monoisotopic (exact) mass is 483 g/mol. The molecule has 0 spiro atoms. The van der Waals surface area contributed by atoms with Crippen LogP contribution in [0.15, 0.2) is 90.0 Å². The number of benzene rings is 3. The number of rotatable bonds is 6. The smallest absolute Gasteiger partial charge is 0.251 e. The van der Waals surface area contributed by atoms with Crippen LogP contribution < -0.4 is 10.3 Å². The lowest BCUT2D eigenvalue weighted by Gasteiger charge is -2.20. The van der Waals surface area contributed by atoms with Gasteiger partial charge >= 0.3 is 0 Å². The number of hydrogen-bond donors (Lipinski definition) is 0. The number of aryl methyl sites for hydroxylation is 2. The van der Waals surface area contributed by atoms with Gasteiger partial charge in [0.25, 0.3) is 5.56 Å². The van der Waals surface area contributed by atoms with E-state index in [9.17, 15) is 9.59 Å². The summed E-state index contributed by atoms with van der Waals surface area (Å²) in [7, 11) is 3.66. The molecule has 1 atom stereocenters. The van der Waals surface area contributed by atoms with Crippen LogP contribution in [0.1, 0.15) is 27.8 Å². The SMILES string of the molecule is Cn1ccnc1C(Oc1ccc2c(c1)c(-c1cccc(Cl)c1)cc(=O)n2C)c1ccc(C=O)cc1. The lowest BCUT2D eigenvalue weighted by Crippen LogP contribution is -2.17. The Kier molecular flexibility index (Phi) is 5.97. The molecule has 35 heavy (non-hydrogen) atoms. The molecule has 5 aromatic rings. The minimum absolute atomic E-state index is 0.109. The Bertz CT molecular complexity index is 1600. The van der Waals surface area contributed by atoms with Gasteiger partial charge in [0.2, 0.25) is 0 Å². The first-order valence-electron chi connectivity index (χ1n) is 11.0. The standard InChI is InChI=1S/C28H22ClN3O3/c1-31-13-12-30-28(31)27(19-8-6-18(17-33)7-9-19)35-22-10-11-25-24(15-22)23(16-26(34)32(25)2)20-4-3-5-21(29)14-20/h3-17,27H,1-2H3. The maximum absolute atomic E-state index is 12.7. The molecule has 0 fully saturated rings. The van der Waals surface area contributed by atoms with Gasteiger partial charge in [0.1, 0.15) is 12.0 Å². The Morgan fingerprint density at radius 1 is 1.00 bits per heavy atom. The third-order valence-electron chi connectivity index (χ3n) is 6.08. The molecule has 0 saturated carbocycles. The summed E-state index contributed by atoms with van der Waals surface area (Å²) in [5.74, 6) is 1.34. The highest BCUT2D eigenvalue weighted by Gasteiger charge is 2.21. The fourth-order valence-corrected chi connectivity index (χ4v) is 4.38. The van der Waals surface area contributed by atoms with Gasteiger partial charge in [-0.15, -0.1) is 0 Å². The van der Waals surface area contributed by atoms with Crippen molar-refractivity contribution in [3.63, 3.8) is 0 Å². The number of pyridine rings is 1. The van der Waals surface area contributed by atoms with Crippen LogP contribution in [0.3, 0.4) is 0 Å². The number of halogens is 1. The number of hydrogen-bond acceptors (Lipinski definition) is 4. The predicted molar refractivity (Wildman–Crippen MR) is 137 cm³/mol. The van der Waals surface area contributed by atoms with Crippen LogP contribution in [-0.4, -0.2) is 20.4 Å². The lowest BCUT2D eigenvalue weighted by molar-refractivity contribution is 0.112. The van der Waals surface area contributed by atoms with E-state index >= 15 is 0 Å². The Balaban J connectivity index is 1.64. The molecule has 0 saturated heterocycles. The van der Waals surface area contributed by atoms with Gasteiger partial charge in [-0.25, -0.2) is 4.98 Å². The Labute approximate surface area is 207 Å². The fraction of sp³-hybridized carbons (Fsp3) is 0.107. The molecule has 0 aliphatic heterocycles. The van der Waals surface area contributed by atoms with E-state index in [0.717, 1.165) is 39.7 Å². The summed E-state index contributed by atoms with van der Waals surface area (Å²) in [4.78, 5) is 28.3. The highest BCUT2D eigenvalue weighted by molar-refractivity contribution is 6.30. The van der Waals surface area contributed by atoms with Crippen LogP contribution >= 0.6 is 11.6 Å². The number of fused-ring (bicyclic) bond motifs is 1. The zero-order valence-electron chi connectivity index (χ0n) is 19.2. The molecule has 7 heteroatoms. The second-order valence-corrected chi connectivity index (χ2v) is 8.76. The van der Waals surface area contributed by atoms with Crippen LogP contribution in [0.5, 0.6) is 5.75 Å². The first kappa shape index (κ1) is 22.6. The molecule has 0 aliphatic rings. The molecule has 0 bridgehead atoms. The van der Waals surface area contributed by atoms with Gasteiger partial charge in [-0.1, -0.05) is 48.0 Å². The summed E-state index contributed by atoms with van der Waals surface area (Å²) in [6, 6.07) is 22.0. The molecule has 1 unspecified atom stereocenters. The Morgan fingerprint density at radius 2 is 1.80 bits per heavy atom. The maximum Gasteiger partial charge on any atom is 0.251 e. The van der Waals surface area contributed by atoms with Crippen LogP contribution in [0.25, 0.3) is 22.0 Å². The Hall–Kier alpha value is -4.16. The van der Waals surface area contributed by atoms with Crippen LogP contribution in [0, 0.1) is 0 Å². The van der Waals surface area contributed by atoms with Crippen molar-refractivity contribution in [2.45, 2.75) is 6.10 Å². The van der Waals surface area contributed by atoms with Crippen molar-refractivity contribution in [2.75, 3.05) is 0 Å². The summed E-state index contributed by atoms with van der Waals surface area (Å²) >= 11 is 6.24.